The van der Waals surface area contributed by atoms with Crippen LogP contribution in [0.4, 0.5) is 5.69 Å². The number of rotatable bonds is 6. The minimum atomic E-state index is 0.0576. The summed E-state index contributed by atoms with van der Waals surface area (Å²) in [4.78, 5) is 26.5. The highest BCUT2D eigenvalue weighted by molar-refractivity contribution is 5.99. The van der Waals surface area contributed by atoms with Crippen molar-refractivity contribution in [1.82, 2.24) is 4.90 Å². The molecule has 1 N–H and O–H groups in total. The summed E-state index contributed by atoms with van der Waals surface area (Å²) >= 11 is 0. The van der Waals surface area contributed by atoms with E-state index in [-0.39, 0.29) is 11.7 Å². The molecule has 0 aromatic heterocycles. The van der Waals surface area contributed by atoms with Crippen LogP contribution in [0, 0.1) is 5.92 Å². The van der Waals surface area contributed by atoms with Crippen LogP contribution < -0.4 is 5.32 Å². The summed E-state index contributed by atoms with van der Waals surface area (Å²) in [6, 6.07) is 16.4. The normalized spacial score (nSPS) is 17.8. The summed E-state index contributed by atoms with van der Waals surface area (Å²) in [7, 11) is 0. The van der Waals surface area contributed by atoms with E-state index in [1.807, 2.05) is 18.2 Å². The van der Waals surface area contributed by atoms with Gasteiger partial charge in [-0.05, 0) is 74.0 Å². The predicted molar refractivity (Wildman–Crippen MR) is 112 cm³/mol. The number of fused-ring (bicyclic) bond motifs is 1. The van der Waals surface area contributed by atoms with Crippen molar-refractivity contribution in [3.63, 3.8) is 0 Å². The van der Waals surface area contributed by atoms with Crippen molar-refractivity contribution in [2.45, 2.75) is 38.5 Å². The van der Waals surface area contributed by atoms with Crippen LogP contribution in [0.1, 0.15) is 47.2 Å². The maximum Gasteiger partial charge on any atom is 0.224 e. The highest BCUT2D eigenvalue weighted by atomic mass is 16.1. The fourth-order valence-corrected chi connectivity index (χ4v) is 4.32. The van der Waals surface area contributed by atoms with Gasteiger partial charge in [0, 0.05) is 30.6 Å². The number of anilines is 1. The summed E-state index contributed by atoms with van der Waals surface area (Å²) in [6.45, 7) is 3.01. The largest absolute Gasteiger partial charge is 0.326 e. The van der Waals surface area contributed by atoms with Gasteiger partial charge in [0.25, 0.3) is 0 Å². The van der Waals surface area contributed by atoms with Crippen LogP contribution in [0.2, 0.25) is 0 Å². The lowest BCUT2D eigenvalue weighted by Gasteiger charge is -2.31. The van der Waals surface area contributed by atoms with E-state index < -0.39 is 0 Å². The molecule has 1 saturated heterocycles. The third kappa shape index (κ3) is 4.68. The lowest BCUT2D eigenvalue weighted by molar-refractivity contribution is -0.116. The molecular formula is C24H28N2O2. The molecule has 28 heavy (non-hydrogen) atoms. The second-order valence-corrected chi connectivity index (χ2v) is 8.07. The fourth-order valence-electron chi connectivity index (χ4n) is 4.32. The Morgan fingerprint density at radius 1 is 1.04 bits per heavy atom. The number of nitrogens with one attached hydrogen (secondary N) is 1. The molecule has 2 aromatic carbocycles. The Bertz CT molecular complexity index is 839. The van der Waals surface area contributed by atoms with Crippen LogP contribution in [-0.2, 0) is 17.6 Å². The Kier molecular flexibility index (Phi) is 5.87. The molecule has 4 rings (SSSR count). The molecule has 146 valence electrons. The van der Waals surface area contributed by atoms with Crippen LogP contribution in [0.25, 0.3) is 0 Å². The van der Waals surface area contributed by atoms with Gasteiger partial charge in [0.1, 0.15) is 0 Å². The number of carbonyl (C=O) groups is 2. The Labute approximate surface area is 166 Å². The number of Topliss-reactive ketones (excluding diaryl/α,β-unsaturated/α-hetero) is 1. The van der Waals surface area contributed by atoms with E-state index in [2.05, 4.69) is 40.5 Å². The monoisotopic (exact) mass is 376 g/mol. The van der Waals surface area contributed by atoms with E-state index in [4.69, 9.17) is 0 Å². The molecule has 2 aromatic rings. The van der Waals surface area contributed by atoms with Gasteiger partial charge in [-0.2, -0.15) is 0 Å². The van der Waals surface area contributed by atoms with E-state index in [9.17, 15) is 9.59 Å². The van der Waals surface area contributed by atoms with Gasteiger partial charge in [-0.3, -0.25) is 9.59 Å². The standard InChI is InChI=1S/C24H28N2O2/c27-23(21-6-8-22-20(17-21)7-9-24(28)25-22)12-15-26-13-10-19(11-14-26)16-18-4-2-1-3-5-18/h1-6,8,17,19H,7,9-16H2,(H,25,28). The molecule has 0 saturated carbocycles. The summed E-state index contributed by atoms with van der Waals surface area (Å²) in [5.41, 5.74) is 4.13. The van der Waals surface area contributed by atoms with Gasteiger partial charge in [0.15, 0.2) is 5.78 Å². The Hall–Kier alpha value is -2.46. The summed E-state index contributed by atoms with van der Waals surface area (Å²) in [5.74, 6) is 1.01. The number of amides is 1. The quantitative estimate of drug-likeness (QED) is 0.772. The lowest BCUT2D eigenvalue weighted by Crippen LogP contribution is -2.35. The number of benzene rings is 2. The number of ketones is 1. The van der Waals surface area contributed by atoms with Gasteiger partial charge in [0.2, 0.25) is 5.91 Å². The minimum absolute atomic E-state index is 0.0576. The maximum atomic E-state index is 12.6. The topological polar surface area (TPSA) is 49.4 Å². The van der Waals surface area contributed by atoms with E-state index in [1.165, 1.54) is 24.8 Å². The smallest absolute Gasteiger partial charge is 0.224 e. The van der Waals surface area contributed by atoms with Crippen molar-refractivity contribution >= 4 is 17.4 Å². The molecule has 1 amide bonds. The van der Waals surface area contributed by atoms with Crippen molar-refractivity contribution in [3.8, 4) is 0 Å². The number of hydrogen-bond donors (Lipinski definition) is 1. The number of aryl methyl sites for hydroxylation is 1. The number of hydrogen-bond acceptors (Lipinski definition) is 3. The summed E-state index contributed by atoms with van der Waals surface area (Å²) < 4.78 is 0. The second-order valence-electron chi connectivity index (χ2n) is 8.07. The van der Waals surface area contributed by atoms with Crippen LogP contribution in [0.5, 0.6) is 0 Å². The highest BCUT2D eigenvalue weighted by Gasteiger charge is 2.21. The zero-order valence-corrected chi connectivity index (χ0v) is 16.3. The van der Waals surface area contributed by atoms with Crippen LogP contribution in [0.3, 0.4) is 0 Å². The lowest BCUT2D eigenvalue weighted by atomic mass is 9.90. The first kappa shape index (κ1) is 18.9. The van der Waals surface area contributed by atoms with Crippen molar-refractivity contribution < 1.29 is 9.59 Å². The first-order chi connectivity index (χ1) is 13.7. The van der Waals surface area contributed by atoms with Crippen molar-refractivity contribution in [2.75, 3.05) is 25.0 Å². The molecule has 2 aliphatic heterocycles. The number of nitrogens with zero attached hydrogens (tertiary/aromatic N) is 1. The van der Waals surface area contributed by atoms with Crippen molar-refractivity contribution in [3.05, 3.63) is 65.2 Å². The van der Waals surface area contributed by atoms with Crippen molar-refractivity contribution in [1.29, 1.82) is 0 Å². The van der Waals surface area contributed by atoms with Gasteiger partial charge in [0.05, 0.1) is 0 Å². The molecule has 0 unspecified atom stereocenters. The van der Waals surface area contributed by atoms with E-state index in [1.54, 1.807) is 0 Å². The molecule has 2 heterocycles. The Morgan fingerprint density at radius 2 is 1.82 bits per heavy atom. The Balaban J connectivity index is 1.24. The Morgan fingerprint density at radius 3 is 2.61 bits per heavy atom. The fraction of sp³-hybridized carbons (Fsp3) is 0.417. The minimum Gasteiger partial charge on any atom is -0.326 e. The molecule has 0 aliphatic carbocycles. The molecule has 0 bridgehead atoms. The molecule has 0 radical (unpaired) electrons. The van der Waals surface area contributed by atoms with Gasteiger partial charge < -0.3 is 10.2 Å². The third-order valence-corrected chi connectivity index (χ3v) is 6.05. The highest BCUT2D eigenvalue weighted by Crippen LogP contribution is 2.25. The third-order valence-electron chi connectivity index (χ3n) is 6.05. The molecule has 2 aliphatic rings. The number of likely N-dealkylation sites (tertiary alicyclic amines) is 1. The van der Waals surface area contributed by atoms with Gasteiger partial charge in [-0.1, -0.05) is 30.3 Å². The SMILES string of the molecule is O=C1CCc2cc(C(=O)CCN3CCC(Cc4ccccc4)CC3)ccc2N1. The van der Waals surface area contributed by atoms with Crippen molar-refractivity contribution in [2.24, 2.45) is 5.92 Å². The van der Waals surface area contributed by atoms with Gasteiger partial charge >= 0.3 is 0 Å². The molecule has 4 nitrogen and oxygen atoms in total. The second kappa shape index (κ2) is 8.70. The first-order valence-corrected chi connectivity index (χ1v) is 10.4. The van der Waals surface area contributed by atoms with Gasteiger partial charge in [-0.25, -0.2) is 0 Å². The van der Waals surface area contributed by atoms with Crippen LogP contribution in [0.15, 0.2) is 48.5 Å². The summed E-state index contributed by atoms with van der Waals surface area (Å²) in [5, 5.41) is 2.87. The summed E-state index contributed by atoms with van der Waals surface area (Å²) in [6.07, 6.45) is 5.37. The average molecular weight is 377 g/mol. The zero-order chi connectivity index (χ0) is 19.3. The molecule has 4 heteroatoms. The molecule has 0 atom stereocenters. The molecular weight excluding hydrogens is 348 g/mol. The van der Waals surface area contributed by atoms with E-state index >= 15 is 0 Å². The average Bonchev–Trinajstić information content (AvgIpc) is 2.73. The van der Waals surface area contributed by atoms with Crippen LogP contribution >= 0.6 is 0 Å². The van der Waals surface area contributed by atoms with E-state index in [0.717, 1.165) is 48.8 Å². The predicted octanol–water partition coefficient (Wildman–Crippen LogP) is 4.10. The first-order valence-electron chi connectivity index (χ1n) is 10.4. The molecule has 0 spiro atoms. The number of carbonyl (C=O) groups excluding carboxylic acids is 2. The molecule has 1 fully saturated rings. The van der Waals surface area contributed by atoms with E-state index in [0.29, 0.717) is 12.8 Å². The van der Waals surface area contributed by atoms with Gasteiger partial charge in [-0.15, -0.1) is 0 Å². The zero-order valence-electron chi connectivity index (χ0n) is 16.3. The van der Waals surface area contributed by atoms with Crippen LogP contribution in [-0.4, -0.2) is 36.2 Å². The number of piperidine rings is 1. The maximum absolute atomic E-state index is 12.6.